The van der Waals surface area contributed by atoms with Gasteiger partial charge in [-0.05, 0) is 86.6 Å². The summed E-state index contributed by atoms with van der Waals surface area (Å²) in [6, 6.07) is 15.9. The van der Waals surface area contributed by atoms with E-state index in [1.165, 1.54) is 28.6 Å². The molecule has 0 atom stereocenters. The van der Waals surface area contributed by atoms with E-state index in [0.717, 1.165) is 43.3 Å². The highest BCUT2D eigenvalue weighted by Crippen LogP contribution is 2.37. The van der Waals surface area contributed by atoms with E-state index in [-0.39, 0.29) is 41.3 Å². The van der Waals surface area contributed by atoms with Gasteiger partial charge in [-0.15, -0.1) is 12.4 Å². The highest BCUT2D eigenvalue weighted by atomic mass is 35.5. The molecule has 1 heterocycles. The van der Waals surface area contributed by atoms with Gasteiger partial charge in [-0.3, -0.25) is 0 Å². The van der Waals surface area contributed by atoms with E-state index in [4.69, 9.17) is 17.3 Å². The van der Waals surface area contributed by atoms with Crippen molar-refractivity contribution >= 4 is 50.0 Å². The molecule has 0 unspecified atom stereocenters. The number of hydrogen-bond acceptors (Lipinski definition) is 8. The second-order valence-electron chi connectivity index (χ2n) is 10.9. The SMILES string of the molecule is CNc1nccc(CN([C]2CC[C](N)CC2)S(=O)(=O)c2ccc(S(=O)(=O)N(Cc3ccc(Cl)cc3)C3CCCC3)cc2)n1.Cl. The van der Waals surface area contributed by atoms with Crippen LogP contribution in [0.15, 0.2) is 70.6 Å². The van der Waals surface area contributed by atoms with Gasteiger partial charge in [-0.2, -0.15) is 8.61 Å². The van der Waals surface area contributed by atoms with Crippen molar-refractivity contribution < 1.29 is 16.8 Å². The Bertz CT molecular complexity index is 1600. The van der Waals surface area contributed by atoms with Crippen LogP contribution in [0.4, 0.5) is 5.95 Å². The predicted octanol–water partition coefficient (Wildman–Crippen LogP) is 5.51. The Morgan fingerprint density at radius 2 is 1.45 bits per heavy atom. The van der Waals surface area contributed by atoms with Crippen LogP contribution in [0.3, 0.4) is 0 Å². The van der Waals surface area contributed by atoms with Crippen LogP contribution in [0.2, 0.25) is 5.02 Å². The van der Waals surface area contributed by atoms with Gasteiger partial charge >= 0.3 is 0 Å². The Morgan fingerprint density at radius 1 is 0.864 bits per heavy atom. The Labute approximate surface area is 271 Å². The third kappa shape index (κ3) is 7.90. The molecule has 2 aliphatic rings. The summed E-state index contributed by atoms with van der Waals surface area (Å²) >= 11 is 6.05. The molecule has 0 amide bonds. The molecule has 10 nitrogen and oxygen atoms in total. The zero-order chi connectivity index (χ0) is 30.6. The molecule has 0 spiro atoms. The lowest BCUT2D eigenvalue weighted by Gasteiger charge is -2.34. The van der Waals surface area contributed by atoms with Crippen molar-refractivity contribution in [3.63, 3.8) is 0 Å². The first-order valence-electron chi connectivity index (χ1n) is 14.4. The Kier molecular flexibility index (Phi) is 11.7. The molecule has 44 heavy (non-hydrogen) atoms. The van der Waals surface area contributed by atoms with E-state index in [1.54, 1.807) is 35.7 Å². The summed E-state index contributed by atoms with van der Waals surface area (Å²) in [5, 5.41) is 3.46. The van der Waals surface area contributed by atoms with Gasteiger partial charge in [0.25, 0.3) is 0 Å². The number of nitrogens with two attached hydrogens (primary N) is 1. The van der Waals surface area contributed by atoms with Crippen molar-refractivity contribution in [2.24, 2.45) is 5.73 Å². The summed E-state index contributed by atoms with van der Waals surface area (Å²) in [4.78, 5) is 8.62. The normalized spacial score (nSPS) is 17.2. The van der Waals surface area contributed by atoms with Crippen molar-refractivity contribution in [3.8, 4) is 0 Å². The quantitative estimate of drug-likeness (QED) is 0.270. The number of nitrogens with zero attached hydrogens (tertiary/aromatic N) is 4. The van der Waals surface area contributed by atoms with Crippen molar-refractivity contribution in [1.82, 2.24) is 18.6 Å². The molecule has 0 bridgehead atoms. The maximum Gasteiger partial charge on any atom is 0.244 e. The lowest BCUT2D eigenvalue weighted by molar-refractivity contribution is 0.316. The molecule has 2 aliphatic carbocycles. The summed E-state index contributed by atoms with van der Waals surface area (Å²) in [7, 11) is -6.26. The summed E-state index contributed by atoms with van der Waals surface area (Å²) in [5.74, 6) is 0.390. The van der Waals surface area contributed by atoms with Gasteiger partial charge in [-0.1, -0.05) is 36.6 Å². The van der Waals surface area contributed by atoms with E-state index in [9.17, 15) is 16.8 Å². The van der Waals surface area contributed by atoms with Gasteiger partial charge < -0.3 is 11.1 Å². The fourth-order valence-corrected chi connectivity index (χ4v) is 9.00. The van der Waals surface area contributed by atoms with Crippen molar-refractivity contribution in [1.29, 1.82) is 0 Å². The largest absolute Gasteiger partial charge is 0.357 e. The predicted molar refractivity (Wildman–Crippen MR) is 174 cm³/mol. The molecule has 0 saturated heterocycles. The Balaban J connectivity index is 0.00000442. The van der Waals surface area contributed by atoms with Crippen molar-refractivity contribution in [3.05, 3.63) is 89.2 Å². The van der Waals surface area contributed by atoms with E-state index in [1.807, 2.05) is 12.1 Å². The van der Waals surface area contributed by atoms with Crippen LogP contribution in [-0.4, -0.2) is 48.5 Å². The summed E-state index contributed by atoms with van der Waals surface area (Å²) in [6.45, 7) is 0.232. The fraction of sp³-hybridized carbons (Fsp3) is 0.400. The number of aromatic nitrogens is 2. The van der Waals surface area contributed by atoms with Gasteiger partial charge in [-0.25, -0.2) is 26.8 Å². The molecule has 3 aromatic rings. The molecular weight excluding hydrogens is 643 g/mol. The van der Waals surface area contributed by atoms with E-state index < -0.39 is 20.0 Å². The first-order chi connectivity index (χ1) is 20.6. The number of anilines is 1. The highest BCUT2D eigenvalue weighted by molar-refractivity contribution is 7.89. The van der Waals surface area contributed by atoms with Gasteiger partial charge in [0.1, 0.15) is 0 Å². The highest BCUT2D eigenvalue weighted by Gasteiger charge is 2.37. The molecule has 2 saturated carbocycles. The van der Waals surface area contributed by atoms with Gasteiger partial charge in [0.15, 0.2) is 0 Å². The summed E-state index contributed by atoms with van der Waals surface area (Å²) < 4.78 is 59.0. The minimum absolute atomic E-state index is 0. The maximum atomic E-state index is 14.1. The second kappa shape index (κ2) is 14.8. The Morgan fingerprint density at radius 3 is 2.05 bits per heavy atom. The van der Waals surface area contributed by atoms with Crippen LogP contribution in [0.25, 0.3) is 0 Å². The minimum atomic E-state index is -4.04. The Hall–Kier alpha value is -2.32. The molecular formula is C30H38Cl2N6O4S2. The molecule has 5 rings (SSSR count). The first kappa shape index (κ1) is 34.6. The molecule has 2 aromatic carbocycles. The topological polar surface area (TPSA) is 139 Å². The van der Waals surface area contributed by atoms with E-state index in [0.29, 0.717) is 42.3 Å². The molecule has 0 aliphatic heterocycles. The molecule has 238 valence electrons. The van der Waals surface area contributed by atoms with Crippen LogP contribution in [0, 0.1) is 12.1 Å². The lowest BCUT2D eigenvalue weighted by Crippen LogP contribution is -2.38. The van der Waals surface area contributed by atoms with Crippen molar-refractivity contribution in [2.75, 3.05) is 12.4 Å². The standard InChI is InChI=1S/C30H37ClN6O4S2.ClH/c1-33-30-34-19-18-25(35-30)21-37(27-12-10-24(32)11-13-27)43(40,41)29-16-14-28(15-17-29)42(38,39)36(26-4-2-3-5-26)20-22-6-8-23(31)9-7-22;/h6-9,14-19,26H,2-5,10-13,20-21,32H2,1H3,(H,33,34,35);1H. The minimum Gasteiger partial charge on any atom is -0.357 e. The number of rotatable bonds is 11. The molecule has 1 aromatic heterocycles. The third-order valence-corrected chi connectivity index (χ3v) is 12.1. The van der Waals surface area contributed by atoms with E-state index >= 15 is 0 Å². The van der Waals surface area contributed by atoms with Crippen LogP contribution in [-0.2, 0) is 33.1 Å². The van der Waals surface area contributed by atoms with Crippen LogP contribution >= 0.6 is 24.0 Å². The average molecular weight is 682 g/mol. The van der Waals surface area contributed by atoms with E-state index in [2.05, 4.69) is 15.3 Å². The van der Waals surface area contributed by atoms with Gasteiger partial charge in [0.05, 0.1) is 28.1 Å². The number of sulfonamides is 2. The van der Waals surface area contributed by atoms with Crippen LogP contribution in [0.5, 0.6) is 0 Å². The third-order valence-electron chi connectivity index (χ3n) is 8.07. The summed E-state index contributed by atoms with van der Waals surface area (Å²) in [5.41, 5.74) is 7.40. The first-order valence-corrected chi connectivity index (χ1v) is 17.7. The average Bonchev–Trinajstić information content (AvgIpc) is 3.55. The van der Waals surface area contributed by atoms with Crippen LogP contribution < -0.4 is 11.1 Å². The molecule has 3 N–H and O–H groups in total. The van der Waals surface area contributed by atoms with Gasteiger partial charge in [0.2, 0.25) is 26.0 Å². The maximum absolute atomic E-state index is 14.1. The number of halogens is 2. The zero-order valence-electron chi connectivity index (χ0n) is 24.5. The molecule has 2 radical (unpaired) electrons. The number of nitrogens with one attached hydrogen (secondary N) is 1. The van der Waals surface area contributed by atoms with Crippen LogP contribution in [0.1, 0.15) is 62.6 Å². The lowest BCUT2D eigenvalue weighted by atomic mass is 9.92. The second-order valence-corrected chi connectivity index (χ2v) is 15.1. The van der Waals surface area contributed by atoms with Gasteiger partial charge in [0, 0.05) is 36.9 Å². The fourth-order valence-electron chi connectivity index (χ4n) is 5.65. The number of hydrogen-bond donors (Lipinski definition) is 2. The molecule has 14 heteroatoms. The monoisotopic (exact) mass is 680 g/mol. The molecule has 2 fully saturated rings. The zero-order valence-corrected chi connectivity index (χ0v) is 27.7. The van der Waals surface area contributed by atoms with Crippen molar-refractivity contribution in [2.45, 2.75) is 80.3 Å². The summed E-state index contributed by atoms with van der Waals surface area (Å²) in [6.07, 6.45) is 7.33. The smallest absolute Gasteiger partial charge is 0.244 e. The number of benzene rings is 2.